The predicted octanol–water partition coefficient (Wildman–Crippen LogP) is 4.39. The zero-order valence-corrected chi connectivity index (χ0v) is 18.6. The third-order valence-corrected chi connectivity index (χ3v) is 7.19. The lowest BCUT2D eigenvalue weighted by Gasteiger charge is -2.34. The molecule has 0 aliphatic carbocycles. The molecule has 0 radical (unpaired) electrons. The molecule has 0 bridgehead atoms. The number of ether oxygens (including phenoxy) is 1. The van der Waals surface area contributed by atoms with Gasteiger partial charge in [0.1, 0.15) is 10.6 Å². The van der Waals surface area contributed by atoms with Crippen LogP contribution >= 0.6 is 0 Å². The van der Waals surface area contributed by atoms with Gasteiger partial charge in [0.2, 0.25) is 10.0 Å². The number of para-hydroxylation sites is 1. The topological polar surface area (TPSA) is 49.9 Å². The monoisotopic (exact) mass is 456 g/mol. The minimum Gasteiger partial charge on any atom is -0.404 e. The van der Waals surface area contributed by atoms with E-state index in [9.17, 15) is 21.6 Å². The fourth-order valence-corrected chi connectivity index (χ4v) is 5.04. The molecular weight excluding hydrogens is 429 g/mol. The zero-order valence-electron chi connectivity index (χ0n) is 17.8. The summed E-state index contributed by atoms with van der Waals surface area (Å²) in [7, 11) is -4.10. The van der Waals surface area contributed by atoms with E-state index in [0.717, 1.165) is 17.7 Å². The molecule has 9 heteroatoms. The summed E-state index contributed by atoms with van der Waals surface area (Å²) >= 11 is 0. The van der Waals surface area contributed by atoms with Crippen LogP contribution in [0.1, 0.15) is 31.9 Å². The molecule has 170 valence electrons. The van der Waals surface area contributed by atoms with Crippen molar-refractivity contribution < 1.29 is 26.3 Å². The third-order valence-electron chi connectivity index (χ3n) is 5.25. The summed E-state index contributed by atoms with van der Waals surface area (Å²) in [6, 6.07) is 13.2. The standard InChI is InChI=1S/C22H27F3N2O3S/c1-21(2,3)18-10-8-17(9-11-18)16-26-12-14-27(15-13-26)31(28,29)20-7-5-4-6-19(20)30-22(23,24)25/h4-11H,12-16H2,1-3H3. The lowest BCUT2D eigenvalue weighted by molar-refractivity contribution is -0.275. The predicted molar refractivity (Wildman–Crippen MR) is 112 cm³/mol. The van der Waals surface area contributed by atoms with E-state index in [1.165, 1.54) is 22.0 Å². The van der Waals surface area contributed by atoms with E-state index < -0.39 is 27.0 Å². The second kappa shape index (κ2) is 8.80. The van der Waals surface area contributed by atoms with E-state index in [0.29, 0.717) is 19.6 Å². The van der Waals surface area contributed by atoms with E-state index in [1.807, 2.05) is 0 Å². The van der Waals surface area contributed by atoms with Crippen LogP contribution in [0.5, 0.6) is 5.75 Å². The quantitative estimate of drug-likeness (QED) is 0.670. The van der Waals surface area contributed by atoms with Crippen LogP contribution in [-0.4, -0.2) is 50.2 Å². The molecule has 3 rings (SSSR count). The summed E-state index contributed by atoms with van der Waals surface area (Å²) in [5.74, 6) is -0.712. The van der Waals surface area contributed by atoms with Gasteiger partial charge in [0.05, 0.1) is 0 Å². The average Bonchev–Trinajstić information content (AvgIpc) is 2.67. The van der Waals surface area contributed by atoms with Crippen LogP contribution in [0.25, 0.3) is 0 Å². The van der Waals surface area contributed by atoms with E-state index in [2.05, 4.69) is 54.7 Å². The van der Waals surface area contributed by atoms with Gasteiger partial charge in [0.25, 0.3) is 0 Å². The summed E-state index contributed by atoms with van der Waals surface area (Å²) in [4.78, 5) is 1.66. The highest BCUT2D eigenvalue weighted by Gasteiger charge is 2.36. The molecule has 0 unspecified atom stereocenters. The van der Waals surface area contributed by atoms with Gasteiger partial charge < -0.3 is 4.74 Å². The lowest BCUT2D eigenvalue weighted by Crippen LogP contribution is -2.48. The number of benzene rings is 2. The minimum absolute atomic E-state index is 0.0740. The summed E-state index contributed by atoms with van der Waals surface area (Å²) in [5, 5.41) is 0. The van der Waals surface area contributed by atoms with E-state index >= 15 is 0 Å². The normalized spacial score (nSPS) is 17.0. The molecule has 5 nitrogen and oxygen atoms in total. The molecule has 0 spiro atoms. The molecule has 1 aliphatic heterocycles. The highest BCUT2D eigenvalue weighted by molar-refractivity contribution is 7.89. The maximum atomic E-state index is 13.0. The van der Waals surface area contributed by atoms with Gasteiger partial charge in [-0.05, 0) is 28.7 Å². The Hall–Kier alpha value is -2.10. The van der Waals surface area contributed by atoms with Crippen LogP contribution in [0.2, 0.25) is 0 Å². The molecule has 0 amide bonds. The number of hydrogen-bond donors (Lipinski definition) is 0. The maximum Gasteiger partial charge on any atom is 0.573 e. The molecule has 0 aromatic heterocycles. The van der Waals surface area contributed by atoms with Crippen molar-refractivity contribution in [1.82, 2.24) is 9.21 Å². The number of hydrogen-bond acceptors (Lipinski definition) is 4. The number of alkyl halides is 3. The largest absolute Gasteiger partial charge is 0.573 e. The Kier molecular flexibility index (Phi) is 6.69. The van der Waals surface area contributed by atoms with Crippen molar-refractivity contribution in [2.24, 2.45) is 0 Å². The van der Waals surface area contributed by atoms with Crippen molar-refractivity contribution in [1.29, 1.82) is 0 Å². The van der Waals surface area contributed by atoms with Crippen LogP contribution in [0, 0.1) is 0 Å². The molecule has 2 aromatic carbocycles. The van der Waals surface area contributed by atoms with Crippen molar-refractivity contribution in [3.8, 4) is 5.75 Å². The average molecular weight is 457 g/mol. The Morgan fingerprint density at radius 3 is 2.03 bits per heavy atom. The molecular formula is C22H27F3N2O3S. The molecule has 1 aliphatic rings. The smallest absolute Gasteiger partial charge is 0.404 e. The molecule has 0 N–H and O–H groups in total. The zero-order chi connectivity index (χ0) is 22.9. The van der Waals surface area contributed by atoms with Crippen LogP contribution in [0.4, 0.5) is 13.2 Å². The van der Waals surface area contributed by atoms with Gasteiger partial charge in [-0.15, -0.1) is 13.2 Å². The highest BCUT2D eigenvalue weighted by Crippen LogP contribution is 2.31. The van der Waals surface area contributed by atoms with Gasteiger partial charge in [0, 0.05) is 32.7 Å². The number of sulfonamides is 1. The van der Waals surface area contributed by atoms with E-state index in [4.69, 9.17) is 0 Å². The van der Waals surface area contributed by atoms with Gasteiger partial charge >= 0.3 is 6.36 Å². The van der Waals surface area contributed by atoms with E-state index in [-0.39, 0.29) is 18.5 Å². The molecule has 31 heavy (non-hydrogen) atoms. The molecule has 0 saturated carbocycles. The summed E-state index contributed by atoms with van der Waals surface area (Å²) < 4.78 is 69.0. The van der Waals surface area contributed by atoms with Crippen molar-refractivity contribution >= 4 is 10.0 Å². The number of piperazine rings is 1. The highest BCUT2D eigenvalue weighted by atomic mass is 32.2. The van der Waals surface area contributed by atoms with Gasteiger partial charge in [-0.2, -0.15) is 4.31 Å². The number of rotatable bonds is 5. The fourth-order valence-electron chi connectivity index (χ4n) is 3.51. The second-order valence-electron chi connectivity index (χ2n) is 8.62. The van der Waals surface area contributed by atoms with Crippen molar-refractivity contribution in [2.45, 2.75) is 44.0 Å². The van der Waals surface area contributed by atoms with E-state index in [1.54, 1.807) is 0 Å². The first-order chi connectivity index (χ1) is 14.4. The minimum atomic E-state index is -4.97. The Morgan fingerprint density at radius 2 is 1.48 bits per heavy atom. The van der Waals surface area contributed by atoms with Gasteiger partial charge in [-0.25, -0.2) is 8.42 Å². The summed E-state index contributed by atoms with van der Waals surface area (Å²) in [5.41, 5.74) is 2.45. The second-order valence-corrected chi connectivity index (χ2v) is 10.5. The van der Waals surface area contributed by atoms with Crippen LogP contribution in [0.3, 0.4) is 0 Å². The molecule has 1 saturated heterocycles. The van der Waals surface area contributed by atoms with Gasteiger partial charge in [-0.1, -0.05) is 57.2 Å². The molecule has 1 fully saturated rings. The third kappa shape index (κ3) is 5.99. The van der Waals surface area contributed by atoms with Crippen molar-refractivity contribution in [3.63, 3.8) is 0 Å². The lowest BCUT2D eigenvalue weighted by atomic mass is 9.87. The van der Waals surface area contributed by atoms with Gasteiger partial charge in [0.15, 0.2) is 0 Å². The SMILES string of the molecule is CC(C)(C)c1ccc(CN2CCN(S(=O)(=O)c3ccccc3OC(F)(F)F)CC2)cc1. The first kappa shape index (κ1) is 23.6. The molecule has 1 heterocycles. The first-order valence-electron chi connectivity index (χ1n) is 10.0. The Labute approximate surface area is 181 Å². The first-order valence-corrected chi connectivity index (χ1v) is 11.5. The number of nitrogens with zero attached hydrogens (tertiary/aromatic N) is 2. The van der Waals surface area contributed by atoms with Crippen LogP contribution in [-0.2, 0) is 22.0 Å². The summed E-state index contributed by atoms with van der Waals surface area (Å²) in [6.07, 6.45) is -4.97. The Morgan fingerprint density at radius 1 is 0.903 bits per heavy atom. The number of halogens is 3. The fraction of sp³-hybridized carbons (Fsp3) is 0.455. The Balaban J connectivity index is 1.65. The maximum absolute atomic E-state index is 13.0. The summed E-state index contributed by atoms with van der Waals surface area (Å²) in [6.45, 7) is 8.52. The van der Waals surface area contributed by atoms with Gasteiger partial charge in [-0.3, -0.25) is 4.90 Å². The van der Waals surface area contributed by atoms with Crippen molar-refractivity contribution in [2.75, 3.05) is 26.2 Å². The molecule has 0 atom stereocenters. The van der Waals surface area contributed by atoms with Crippen LogP contribution in [0.15, 0.2) is 53.4 Å². The Bertz CT molecular complexity index is 992. The van der Waals surface area contributed by atoms with Crippen molar-refractivity contribution in [3.05, 3.63) is 59.7 Å². The van der Waals surface area contributed by atoms with Crippen LogP contribution < -0.4 is 4.74 Å². The molecule has 2 aromatic rings.